The van der Waals surface area contributed by atoms with E-state index in [1.165, 1.54) is 12.1 Å². The Kier molecular flexibility index (Phi) is 3.98. The largest absolute Gasteiger partial charge is 0.478 e. The number of aryl methyl sites for hydroxylation is 1. The van der Waals surface area contributed by atoms with Gasteiger partial charge in [-0.15, -0.1) is 0 Å². The Balaban J connectivity index is 2.31. The zero-order chi connectivity index (χ0) is 14.0. The molecule has 2 N–H and O–H groups in total. The Morgan fingerprint density at radius 3 is 2.32 bits per heavy atom. The fourth-order valence-electron chi connectivity index (χ4n) is 1.61. The van der Waals surface area contributed by atoms with Crippen LogP contribution in [0.3, 0.4) is 0 Å². The van der Waals surface area contributed by atoms with Gasteiger partial charge in [0, 0.05) is 5.69 Å². The van der Waals surface area contributed by atoms with E-state index in [0.717, 1.165) is 11.3 Å². The van der Waals surface area contributed by atoms with Crippen molar-refractivity contribution in [3.05, 3.63) is 57.6 Å². The van der Waals surface area contributed by atoms with Gasteiger partial charge in [0.05, 0.1) is 21.3 Å². The van der Waals surface area contributed by atoms with Crippen LogP contribution in [0.1, 0.15) is 15.9 Å². The van der Waals surface area contributed by atoms with Crippen LogP contribution < -0.4 is 5.32 Å². The van der Waals surface area contributed by atoms with Crippen molar-refractivity contribution in [2.75, 3.05) is 5.32 Å². The molecule has 0 aliphatic heterocycles. The summed E-state index contributed by atoms with van der Waals surface area (Å²) in [5.41, 5.74) is 2.48. The van der Waals surface area contributed by atoms with E-state index >= 15 is 0 Å². The zero-order valence-electron chi connectivity index (χ0n) is 10.1. The van der Waals surface area contributed by atoms with E-state index in [1.807, 2.05) is 13.0 Å². The first-order valence-corrected chi connectivity index (χ1v) is 6.29. The van der Waals surface area contributed by atoms with Crippen molar-refractivity contribution in [1.29, 1.82) is 0 Å². The molecule has 19 heavy (non-hydrogen) atoms. The van der Waals surface area contributed by atoms with E-state index in [-0.39, 0.29) is 5.56 Å². The Hall–Kier alpha value is -1.71. The van der Waals surface area contributed by atoms with Gasteiger partial charge in [0.15, 0.2) is 0 Å². The van der Waals surface area contributed by atoms with Crippen LogP contribution in [0.4, 0.5) is 11.4 Å². The number of carboxylic acid groups (broad SMARTS) is 1. The van der Waals surface area contributed by atoms with Gasteiger partial charge in [0.2, 0.25) is 0 Å². The lowest BCUT2D eigenvalue weighted by atomic mass is 10.2. The van der Waals surface area contributed by atoms with Gasteiger partial charge in [-0.25, -0.2) is 4.79 Å². The van der Waals surface area contributed by atoms with E-state index in [2.05, 4.69) is 5.32 Å². The molecule has 0 aliphatic rings. The summed E-state index contributed by atoms with van der Waals surface area (Å²) in [4.78, 5) is 10.8. The highest BCUT2D eigenvalue weighted by atomic mass is 35.5. The van der Waals surface area contributed by atoms with Gasteiger partial charge in [-0.2, -0.15) is 0 Å². The van der Waals surface area contributed by atoms with Gasteiger partial charge in [-0.1, -0.05) is 29.3 Å². The number of carbonyl (C=O) groups is 1. The number of rotatable bonds is 3. The number of carboxylic acids is 1. The van der Waals surface area contributed by atoms with Gasteiger partial charge < -0.3 is 10.4 Å². The summed E-state index contributed by atoms with van der Waals surface area (Å²) in [5.74, 6) is -0.960. The summed E-state index contributed by atoms with van der Waals surface area (Å²) in [6, 6.07) is 9.96. The first-order chi connectivity index (χ1) is 8.99. The lowest BCUT2D eigenvalue weighted by Gasteiger charge is -2.12. The maximum atomic E-state index is 10.8. The quantitative estimate of drug-likeness (QED) is 0.859. The molecule has 0 amide bonds. The van der Waals surface area contributed by atoms with E-state index in [9.17, 15) is 4.79 Å². The number of benzene rings is 2. The highest BCUT2D eigenvalue weighted by molar-refractivity contribution is 6.39. The maximum absolute atomic E-state index is 10.8. The standard InChI is InChI=1S/C14H11Cl2NO2/c1-8-2-7-11(15)13(12(8)16)17-10-5-3-9(4-6-10)14(18)19/h2-7,17H,1H3,(H,18,19). The predicted molar refractivity (Wildman–Crippen MR) is 77.9 cm³/mol. The van der Waals surface area contributed by atoms with E-state index in [4.69, 9.17) is 28.3 Å². The topological polar surface area (TPSA) is 49.3 Å². The smallest absolute Gasteiger partial charge is 0.335 e. The fraction of sp³-hybridized carbons (Fsp3) is 0.0714. The average molecular weight is 296 g/mol. The molecule has 0 aromatic heterocycles. The van der Waals surface area contributed by atoms with Crippen LogP contribution in [-0.2, 0) is 0 Å². The van der Waals surface area contributed by atoms with Gasteiger partial charge in [0.25, 0.3) is 0 Å². The molecule has 0 fully saturated rings. The van der Waals surface area contributed by atoms with Crippen LogP contribution in [0.25, 0.3) is 0 Å². The summed E-state index contributed by atoms with van der Waals surface area (Å²) in [5, 5.41) is 13.0. The summed E-state index contributed by atoms with van der Waals surface area (Å²) in [6.07, 6.45) is 0. The first kappa shape index (κ1) is 13.7. The maximum Gasteiger partial charge on any atom is 0.335 e. The molecular formula is C14H11Cl2NO2. The van der Waals surface area contributed by atoms with Gasteiger partial charge in [-0.05, 0) is 42.8 Å². The zero-order valence-corrected chi connectivity index (χ0v) is 11.6. The van der Waals surface area contributed by atoms with Crippen molar-refractivity contribution in [2.24, 2.45) is 0 Å². The molecule has 0 atom stereocenters. The van der Waals surface area contributed by atoms with Crippen molar-refractivity contribution < 1.29 is 9.90 Å². The third-order valence-electron chi connectivity index (χ3n) is 2.69. The molecule has 2 rings (SSSR count). The second-order valence-corrected chi connectivity index (χ2v) is 4.85. The Morgan fingerprint density at radius 2 is 1.74 bits per heavy atom. The van der Waals surface area contributed by atoms with Crippen LogP contribution >= 0.6 is 23.2 Å². The normalized spacial score (nSPS) is 10.3. The number of anilines is 2. The lowest BCUT2D eigenvalue weighted by Crippen LogP contribution is -1.97. The SMILES string of the molecule is Cc1ccc(Cl)c(Nc2ccc(C(=O)O)cc2)c1Cl. The molecule has 0 saturated heterocycles. The molecular weight excluding hydrogens is 285 g/mol. The molecule has 2 aromatic rings. The number of halogens is 2. The lowest BCUT2D eigenvalue weighted by molar-refractivity contribution is 0.0697. The molecule has 0 radical (unpaired) electrons. The Bertz CT molecular complexity index is 624. The van der Waals surface area contributed by atoms with Crippen LogP contribution in [0.5, 0.6) is 0 Å². The molecule has 3 nitrogen and oxygen atoms in total. The minimum absolute atomic E-state index is 0.229. The number of hydrogen-bond acceptors (Lipinski definition) is 2. The van der Waals surface area contributed by atoms with E-state index < -0.39 is 5.97 Å². The van der Waals surface area contributed by atoms with Crippen LogP contribution in [0.15, 0.2) is 36.4 Å². The molecule has 0 aliphatic carbocycles. The van der Waals surface area contributed by atoms with Crippen molar-refractivity contribution in [1.82, 2.24) is 0 Å². The first-order valence-electron chi connectivity index (χ1n) is 5.54. The van der Waals surface area contributed by atoms with Crippen LogP contribution in [-0.4, -0.2) is 11.1 Å². The molecule has 0 heterocycles. The molecule has 98 valence electrons. The van der Waals surface area contributed by atoms with E-state index in [1.54, 1.807) is 18.2 Å². The molecule has 0 unspecified atom stereocenters. The van der Waals surface area contributed by atoms with Gasteiger partial charge >= 0.3 is 5.97 Å². The number of nitrogens with one attached hydrogen (secondary N) is 1. The Labute approximate surface area is 120 Å². The number of hydrogen-bond donors (Lipinski definition) is 2. The van der Waals surface area contributed by atoms with E-state index in [0.29, 0.717) is 15.7 Å². The summed E-state index contributed by atoms with van der Waals surface area (Å²) in [6.45, 7) is 1.89. The second-order valence-electron chi connectivity index (χ2n) is 4.06. The third kappa shape index (κ3) is 3.00. The van der Waals surface area contributed by atoms with Gasteiger partial charge in [-0.3, -0.25) is 0 Å². The number of aromatic carboxylic acids is 1. The summed E-state index contributed by atoms with van der Waals surface area (Å²) in [7, 11) is 0. The molecule has 5 heteroatoms. The molecule has 0 spiro atoms. The summed E-state index contributed by atoms with van der Waals surface area (Å²) >= 11 is 12.3. The van der Waals surface area contributed by atoms with Crippen molar-refractivity contribution >= 4 is 40.5 Å². The highest BCUT2D eigenvalue weighted by Crippen LogP contribution is 2.35. The molecule has 0 saturated carbocycles. The van der Waals surface area contributed by atoms with Gasteiger partial charge in [0.1, 0.15) is 0 Å². The third-order valence-corrected chi connectivity index (χ3v) is 3.49. The van der Waals surface area contributed by atoms with Crippen LogP contribution in [0.2, 0.25) is 10.0 Å². The van der Waals surface area contributed by atoms with Crippen molar-refractivity contribution in [3.63, 3.8) is 0 Å². The predicted octanol–water partition coefficient (Wildman–Crippen LogP) is 4.74. The minimum atomic E-state index is -0.960. The highest BCUT2D eigenvalue weighted by Gasteiger charge is 2.09. The molecule has 2 aromatic carbocycles. The molecule has 0 bridgehead atoms. The monoisotopic (exact) mass is 295 g/mol. The fourth-order valence-corrected chi connectivity index (χ4v) is 2.08. The second kappa shape index (κ2) is 5.51. The van der Waals surface area contributed by atoms with Crippen molar-refractivity contribution in [3.8, 4) is 0 Å². The summed E-state index contributed by atoms with van der Waals surface area (Å²) < 4.78 is 0. The average Bonchev–Trinajstić information content (AvgIpc) is 2.40. The van der Waals surface area contributed by atoms with Crippen molar-refractivity contribution in [2.45, 2.75) is 6.92 Å². The van der Waals surface area contributed by atoms with Crippen LogP contribution in [0, 0.1) is 6.92 Å². The minimum Gasteiger partial charge on any atom is -0.478 e. The Morgan fingerprint density at radius 1 is 1.11 bits per heavy atom.